The first-order valence-electron chi connectivity index (χ1n) is 14.6. The van der Waals surface area contributed by atoms with E-state index in [-0.39, 0.29) is 37.7 Å². The number of piperazine rings is 1. The Morgan fingerprint density at radius 3 is 2.36 bits per heavy atom. The largest absolute Gasteiger partial charge is 0.508 e. The Balaban J connectivity index is 1.41. The molecule has 0 bridgehead atoms. The molecule has 4 amide bonds. The van der Waals surface area contributed by atoms with Crippen molar-refractivity contribution in [1.82, 2.24) is 14.9 Å². The summed E-state index contributed by atoms with van der Waals surface area (Å²) in [5.74, 6) is -1.34. The van der Waals surface area contributed by atoms with Crippen molar-refractivity contribution in [3.63, 3.8) is 0 Å². The van der Waals surface area contributed by atoms with Crippen LogP contribution in [0.2, 0.25) is 0 Å². The van der Waals surface area contributed by atoms with E-state index in [1.165, 1.54) is 23.5 Å². The molecule has 11 nitrogen and oxygen atoms in total. The molecule has 224 valence electrons. The maximum atomic E-state index is 13.9. The van der Waals surface area contributed by atoms with Crippen LogP contribution >= 0.6 is 0 Å². The summed E-state index contributed by atoms with van der Waals surface area (Å²) in [6, 6.07) is 14.7. The number of ether oxygens (including phenoxy) is 1. The van der Waals surface area contributed by atoms with Crippen LogP contribution in [-0.4, -0.2) is 81.8 Å². The molecule has 42 heavy (non-hydrogen) atoms. The molecule has 5 rings (SSSR count). The van der Waals surface area contributed by atoms with Crippen molar-refractivity contribution in [2.24, 2.45) is 11.7 Å². The van der Waals surface area contributed by atoms with Crippen LogP contribution in [0.1, 0.15) is 49.7 Å². The van der Waals surface area contributed by atoms with Gasteiger partial charge in [-0.3, -0.25) is 19.2 Å². The molecule has 3 atom stereocenters. The molecular weight excluding hydrogens is 540 g/mol. The number of amides is 4. The SMILES string of the molecule is NC(=O)C[C@H]1C(=O)N(CCc2ccccc2)C[C@@H]2N(C(=O)OCC3CCCCC3)O[C@@H](Cc3ccc(O)cc3)C(=O)N21. The normalized spacial score (nSPS) is 23.0. The van der Waals surface area contributed by atoms with Gasteiger partial charge in [0.2, 0.25) is 11.8 Å². The lowest BCUT2D eigenvalue weighted by atomic mass is 9.90. The van der Waals surface area contributed by atoms with Crippen molar-refractivity contribution < 1.29 is 33.9 Å². The number of rotatable bonds is 9. The van der Waals surface area contributed by atoms with Gasteiger partial charge in [0, 0.05) is 13.0 Å². The van der Waals surface area contributed by atoms with E-state index in [4.69, 9.17) is 15.3 Å². The number of primary amides is 1. The molecule has 2 saturated heterocycles. The summed E-state index contributed by atoms with van der Waals surface area (Å²) in [6.45, 7) is 0.555. The number of phenolic OH excluding ortho intramolecular Hbond substituents is 1. The van der Waals surface area contributed by atoms with E-state index < -0.39 is 42.1 Å². The third kappa shape index (κ3) is 6.84. The lowest BCUT2D eigenvalue weighted by Crippen LogP contribution is -2.74. The van der Waals surface area contributed by atoms with Crippen LogP contribution in [0, 0.1) is 5.92 Å². The zero-order valence-corrected chi connectivity index (χ0v) is 23.6. The van der Waals surface area contributed by atoms with Gasteiger partial charge in [-0.2, -0.15) is 5.06 Å². The van der Waals surface area contributed by atoms with Gasteiger partial charge in [-0.15, -0.1) is 0 Å². The van der Waals surface area contributed by atoms with Gasteiger partial charge in [-0.1, -0.05) is 61.7 Å². The number of nitrogens with zero attached hydrogens (tertiary/aromatic N) is 3. The van der Waals surface area contributed by atoms with Gasteiger partial charge in [0.05, 0.1) is 19.6 Å². The summed E-state index contributed by atoms with van der Waals surface area (Å²) < 4.78 is 5.72. The van der Waals surface area contributed by atoms with Gasteiger partial charge in [-0.25, -0.2) is 4.79 Å². The number of hydrogen-bond acceptors (Lipinski definition) is 7. The number of aromatic hydroxyl groups is 1. The minimum atomic E-state index is -1.19. The maximum Gasteiger partial charge on any atom is 0.436 e. The van der Waals surface area contributed by atoms with Gasteiger partial charge < -0.3 is 25.4 Å². The van der Waals surface area contributed by atoms with Gasteiger partial charge >= 0.3 is 6.09 Å². The Morgan fingerprint density at radius 2 is 1.67 bits per heavy atom. The zero-order valence-electron chi connectivity index (χ0n) is 23.6. The first kappa shape index (κ1) is 29.4. The number of carbonyl (C=O) groups is 4. The number of hydrogen-bond donors (Lipinski definition) is 2. The number of phenols is 1. The molecule has 1 saturated carbocycles. The third-order valence-electron chi connectivity index (χ3n) is 8.29. The van der Waals surface area contributed by atoms with Gasteiger partial charge in [0.1, 0.15) is 11.8 Å². The van der Waals surface area contributed by atoms with Crippen LogP contribution in [0.15, 0.2) is 54.6 Å². The number of benzene rings is 2. The minimum absolute atomic E-state index is 0.00285. The van der Waals surface area contributed by atoms with E-state index in [0.717, 1.165) is 36.3 Å². The fourth-order valence-corrected chi connectivity index (χ4v) is 6.05. The maximum absolute atomic E-state index is 13.9. The molecule has 3 N–H and O–H groups in total. The molecule has 0 unspecified atom stereocenters. The van der Waals surface area contributed by atoms with E-state index in [0.29, 0.717) is 18.5 Å². The molecule has 0 radical (unpaired) electrons. The second-order valence-corrected chi connectivity index (χ2v) is 11.3. The van der Waals surface area contributed by atoms with Crippen molar-refractivity contribution in [2.45, 2.75) is 69.7 Å². The van der Waals surface area contributed by atoms with Crippen molar-refractivity contribution in [2.75, 3.05) is 19.7 Å². The predicted molar refractivity (Wildman–Crippen MR) is 151 cm³/mol. The average Bonchev–Trinajstić information content (AvgIpc) is 2.99. The van der Waals surface area contributed by atoms with Gasteiger partial charge in [-0.05, 0) is 48.4 Å². The van der Waals surface area contributed by atoms with Gasteiger partial charge in [0.15, 0.2) is 12.3 Å². The molecular formula is C31H38N4O7. The highest BCUT2D eigenvalue weighted by Gasteiger charge is 2.53. The summed E-state index contributed by atoms with van der Waals surface area (Å²) in [4.78, 5) is 62.2. The molecule has 2 aromatic rings. The first-order chi connectivity index (χ1) is 20.3. The highest BCUT2D eigenvalue weighted by Crippen LogP contribution is 2.31. The molecule has 1 aliphatic carbocycles. The Labute approximate surface area is 245 Å². The van der Waals surface area contributed by atoms with E-state index in [1.807, 2.05) is 30.3 Å². The monoisotopic (exact) mass is 578 g/mol. The number of fused-ring (bicyclic) bond motifs is 1. The van der Waals surface area contributed by atoms with Crippen molar-refractivity contribution in [3.05, 3.63) is 65.7 Å². The van der Waals surface area contributed by atoms with Crippen LogP contribution in [0.3, 0.4) is 0 Å². The van der Waals surface area contributed by atoms with Crippen LogP contribution in [0.5, 0.6) is 5.75 Å². The zero-order chi connectivity index (χ0) is 29.6. The Hall–Kier alpha value is -4.12. The minimum Gasteiger partial charge on any atom is -0.508 e. The van der Waals surface area contributed by atoms with Crippen LogP contribution in [0.4, 0.5) is 4.79 Å². The fraction of sp³-hybridized carbons (Fsp3) is 0.484. The Bertz CT molecular complexity index is 1270. The predicted octanol–water partition coefficient (Wildman–Crippen LogP) is 2.75. The van der Waals surface area contributed by atoms with Crippen molar-refractivity contribution in [3.8, 4) is 5.75 Å². The summed E-state index contributed by atoms with van der Waals surface area (Å²) in [6.07, 6.45) is 2.65. The lowest BCUT2D eigenvalue weighted by Gasteiger charge is -2.52. The molecule has 2 aromatic carbocycles. The molecule has 0 spiro atoms. The number of nitrogens with two attached hydrogens (primary N) is 1. The third-order valence-corrected chi connectivity index (χ3v) is 8.29. The van der Waals surface area contributed by atoms with Crippen LogP contribution in [0.25, 0.3) is 0 Å². The topological polar surface area (TPSA) is 143 Å². The lowest BCUT2D eigenvalue weighted by molar-refractivity contribution is -0.266. The van der Waals surface area contributed by atoms with Gasteiger partial charge in [0.25, 0.3) is 5.91 Å². The number of hydroxylamine groups is 2. The van der Waals surface area contributed by atoms with Crippen LogP contribution < -0.4 is 5.73 Å². The summed E-state index contributed by atoms with van der Waals surface area (Å²) in [5.41, 5.74) is 7.25. The van der Waals surface area contributed by atoms with Crippen LogP contribution in [-0.2, 0) is 36.8 Å². The standard InChI is InChI=1S/C31H38N4O7/c32-27(37)18-25-29(38)33(16-15-21-7-3-1-4-8-21)19-28-34(25)30(39)26(17-22-11-13-24(36)14-12-22)42-35(28)31(40)41-20-23-9-5-2-6-10-23/h1,3-4,7-8,11-14,23,25-26,28,36H,2,5-6,9-10,15-20H2,(H2,32,37)/t25-,26-,28-/m0/s1. The summed E-state index contributed by atoms with van der Waals surface area (Å²) >= 11 is 0. The second-order valence-electron chi connectivity index (χ2n) is 11.3. The van der Waals surface area contributed by atoms with E-state index in [2.05, 4.69) is 0 Å². The first-order valence-corrected chi connectivity index (χ1v) is 14.6. The molecule has 2 heterocycles. The summed E-state index contributed by atoms with van der Waals surface area (Å²) in [5, 5.41) is 10.7. The smallest absolute Gasteiger partial charge is 0.436 e. The Kier molecular flexibility index (Phi) is 9.26. The number of carbonyl (C=O) groups excluding carboxylic acids is 4. The summed E-state index contributed by atoms with van der Waals surface area (Å²) in [7, 11) is 0. The average molecular weight is 579 g/mol. The van der Waals surface area contributed by atoms with E-state index in [1.54, 1.807) is 17.0 Å². The fourth-order valence-electron chi connectivity index (χ4n) is 6.05. The quantitative estimate of drug-likeness (QED) is 0.466. The Morgan fingerprint density at radius 1 is 0.952 bits per heavy atom. The van der Waals surface area contributed by atoms with Crippen molar-refractivity contribution in [1.29, 1.82) is 0 Å². The second kappa shape index (κ2) is 13.2. The van der Waals surface area contributed by atoms with E-state index >= 15 is 0 Å². The molecule has 3 aliphatic rings. The highest BCUT2D eigenvalue weighted by atomic mass is 16.7. The molecule has 2 aliphatic heterocycles. The molecule has 3 fully saturated rings. The highest BCUT2D eigenvalue weighted by molar-refractivity contribution is 5.95. The molecule has 0 aromatic heterocycles. The van der Waals surface area contributed by atoms with E-state index in [9.17, 15) is 24.3 Å². The van der Waals surface area contributed by atoms with Crippen molar-refractivity contribution >= 4 is 23.8 Å². The molecule has 11 heteroatoms.